The van der Waals surface area contributed by atoms with E-state index in [0.717, 1.165) is 32.2 Å². The molecule has 3 unspecified atom stereocenters. The van der Waals surface area contributed by atoms with Crippen LogP contribution in [-0.4, -0.2) is 49.4 Å². The second kappa shape index (κ2) is 9.06. The minimum Gasteiger partial charge on any atom is -0.354 e. The Morgan fingerprint density at radius 3 is 2.57 bits per heavy atom. The Morgan fingerprint density at radius 1 is 1.35 bits per heavy atom. The van der Waals surface area contributed by atoms with E-state index >= 15 is 0 Å². The van der Waals surface area contributed by atoms with Crippen molar-refractivity contribution in [3.05, 3.63) is 12.7 Å². The molecule has 0 spiro atoms. The number of allylic oxidation sites excluding steroid dienone is 1. The fraction of sp³-hybridized carbons (Fsp3) is 0.778. The molecule has 5 heteroatoms. The fourth-order valence-electron chi connectivity index (χ4n) is 3.57. The molecule has 0 aromatic carbocycles. The van der Waals surface area contributed by atoms with Gasteiger partial charge in [-0.05, 0) is 45.7 Å². The number of amides is 2. The maximum atomic E-state index is 13.0. The van der Waals surface area contributed by atoms with Crippen LogP contribution in [0.3, 0.4) is 0 Å². The minimum atomic E-state index is -0.832. The Hall–Kier alpha value is -1.36. The lowest BCUT2D eigenvalue weighted by Crippen LogP contribution is -2.66. The Balaban J connectivity index is 3.08. The van der Waals surface area contributed by atoms with E-state index in [1.807, 2.05) is 20.2 Å². The first kappa shape index (κ1) is 19.7. The molecule has 132 valence electrons. The van der Waals surface area contributed by atoms with Crippen molar-refractivity contribution in [2.24, 2.45) is 11.8 Å². The Labute approximate surface area is 140 Å². The topological polar surface area (TPSA) is 61.4 Å². The highest BCUT2D eigenvalue weighted by Gasteiger charge is 2.49. The molecular formula is C18H33N3O2. The van der Waals surface area contributed by atoms with Gasteiger partial charge in [-0.1, -0.05) is 19.4 Å². The average molecular weight is 323 g/mol. The van der Waals surface area contributed by atoms with Crippen molar-refractivity contribution < 1.29 is 9.59 Å². The van der Waals surface area contributed by atoms with Crippen LogP contribution in [0.15, 0.2) is 12.7 Å². The molecule has 0 heterocycles. The molecule has 0 aromatic rings. The Bertz CT molecular complexity index is 422. The van der Waals surface area contributed by atoms with E-state index in [1.54, 1.807) is 0 Å². The lowest BCUT2D eigenvalue weighted by Gasteiger charge is -2.46. The normalized spacial score (nSPS) is 27.5. The van der Waals surface area contributed by atoms with E-state index in [4.69, 9.17) is 0 Å². The Kier molecular flexibility index (Phi) is 7.76. The highest BCUT2D eigenvalue weighted by Crippen LogP contribution is 2.38. The van der Waals surface area contributed by atoms with Crippen LogP contribution in [-0.2, 0) is 9.59 Å². The highest BCUT2D eigenvalue weighted by molar-refractivity contribution is 5.91. The lowest BCUT2D eigenvalue weighted by molar-refractivity contribution is -0.138. The van der Waals surface area contributed by atoms with Gasteiger partial charge in [0.05, 0.1) is 0 Å². The lowest BCUT2D eigenvalue weighted by atomic mass is 9.67. The molecule has 3 atom stereocenters. The van der Waals surface area contributed by atoms with E-state index in [1.165, 1.54) is 6.92 Å². The van der Waals surface area contributed by atoms with Gasteiger partial charge in [-0.3, -0.25) is 9.59 Å². The third kappa shape index (κ3) is 5.34. The summed E-state index contributed by atoms with van der Waals surface area (Å²) >= 11 is 0. The molecule has 0 bridgehead atoms. The molecule has 5 nitrogen and oxygen atoms in total. The number of carbonyl (C=O) groups excluding carboxylic acids is 2. The summed E-state index contributed by atoms with van der Waals surface area (Å²) in [5.41, 5.74) is -0.832. The maximum Gasteiger partial charge on any atom is 0.246 e. The monoisotopic (exact) mass is 323 g/mol. The van der Waals surface area contributed by atoms with Gasteiger partial charge in [0.2, 0.25) is 11.8 Å². The van der Waals surface area contributed by atoms with Gasteiger partial charge >= 0.3 is 0 Å². The summed E-state index contributed by atoms with van der Waals surface area (Å²) in [5, 5.41) is 6.06. The van der Waals surface area contributed by atoms with Crippen molar-refractivity contribution >= 4 is 11.8 Å². The number of hydrogen-bond acceptors (Lipinski definition) is 3. The number of nitrogens with one attached hydrogen (secondary N) is 2. The Morgan fingerprint density at radius 2 is 2.04 bits per heavy atom. The number of nitrogens with zero attached hydrogens (tertiary/aromatic N) is 1. The molecule has 1 rings (SSSR count). The molecule has 2 amide bonds. The summed E-state index contributed by atoms with van der Waals surface area (Å²) in [6.45, 7) is 8.92. The van der Waals surface area contributed by atoms with Crippen molar-refractivity contribution in [3.63, 3.8) is 0 Å². The van der Waals surface area contributed by atoms with Gasteiger partial charge in [-0.15, -0.1) is 6.58 Å². The molecule has 0 aliphatic heterocycles. The van der Waals surface area contributed by atoms with Crippen LogP contribution < -0.4 is 10.6 Å². The van der Waals surface area contributed by atoms with E-state index in [9.17, 15) is 9.59 Å². The van der Waals surface area contributed by atoms with E-state index < -0.39 is 5.54 Å². The first-order chi connectivity index (χ1) is 10.9. The summed E-state index contributed by atoms with van der Waals surface area (Å²) in [6, 6.07) is 0. The second-order valence-electron chi connectivity index (χ2n) is 7.00. The third-order valence-corrected chi connectivity index (χ3v) is 4.71. The van der Waals surface area contributed by atoms with E-state index in [-0.39, 0.29) is 23.7 Å². The SMILES string of the molecule is C=CC1CCC(CN(C)C)C(NC(C)=O)(C(=O)NCCCC)C1. The van der Waals surface area contributed by atoms with Gasteiger partial charge in [0.1, 0.15) is 5.54 Å². The smallest absolute Gasteiger partial charge is 0.246 e. The van der Waals surface area contributed by atoms with Gasteiger partial charge in [0, 0.05) is 25.9 Å². The molecule has 0 saturated heterocycles. The molecule has 0 aromatic heterocycles. The summed E-state index contributed by atoms with van der Waals surface area (Å²) in [6.07, 6.45) is 6.46. The summed E-state index contributed by atoms with van der Waals surface area (Å²) in [4.78, 5) is 26.9. The third-order valence-electron chi connectivity index (χ3n) is 4.71. The molecule has 0 radical (unpaired) electrons. The van der Waals surface area contributed by atoms with Crippen LogP contribution >= 0.6 is 0 Å². The standard InChI is InChI=1S/C18H33N3O2/c1-6-8-11-19-17(23)18(20-14(3)22)12-15(7-2)9-10-16(18)13-21(4)5/h7,15-16H,2,6,8-13H2,1,3-5H3,(H,19,23)(H,20,22). The van der Waals surface area contributed by atoms with Gasteiger partial charge in [-0.25, -0.2) is 0 Å². The zero-order chi connectivity index (χ0) is 17.5. The van der Waals surface area contributed by atoms with Crippen LogP contribution in [0.1, 0.15) is 46.0 Å². The summed E-state index contributed by atoms with van der Waals surface area (Å²) in [5.74, 6) is 0.181. The number of hydrogen-bond donors (Lipinski definition) is 2. The molecule has 1 saturated carbocycles. The van der Waals surface area contributed by atoms with E-state index in [0.29, 0.717) is 13.0 Å². The maximum absolute atomic E-state index is 13.0. The van der Waals surface area contributed by atoms with Crippen molar-refractivity contribution in [3.8, 4) is 0 Å². The molecule has 1 aliphatic carbocycles. The number of rotatable bonds is 8. The first-order valence-electron chi connectivity index (χ1n) is 8.70. The largest absolute Gasteiger partial charge is 0.354 e. The number of carbonyl (C=O) groups is 2. The molecule has 23 heavy (non-hydrogen) atoms. The average Bonchev–Trinajstić information content (AvgIpc) is 2.48. The van der Waals surface area contributed by atoms with Crippen LogP contribution in [0.4, 0.5) is 0 Å². The fourth-order valence-corrected chi connectivity index (χ4v) is 3.57. The van der Waals surface area contributed by atoms with Crippen LogP contribution in [0.2, 0.25) is 0 Å². The molecule has 1 fully saturated rings. The van der Waals surface area contributed by atoms with Crippen LogP contribution in [0.25, 0.3) is 0 Å². The van der Waals surface area contributed by atoms with Gasteiger partial charge < -0.3 is 15.5 Å². The molecule has 2 N–H and O–H groups in total. The zero-order valence-corrected chi connectivity index (χ0v) is 15.2. The predicted molar refractivity (Wildman–Crippen MR) is 94.0 cm³/mol. The zero-order valence-electron chi connectivity index (χ0n) is 15.2. The minimum absolute atomic E-state index is 0.0421. The quantitative estimate of drug-likeness (QED) is 0.530. The molecule has 1 aliphatic rings. The van der Waals surface area contributed by atoms with Gasteiger partial charge in [0.25, 0.3) is 0 Å². The molecular weight excluding hydrogens is 290 g/mol. The van der Waals surface area contributed by atoms with Crippen molar-refractivity contribution in [1.82, 2.24) is 15.5 Å². The van der Waals surface area contributed by atoms with Crippen molar-refractivity contribution in [2.45, 2.75) is 51.5 Å². The highest BCUT2D eigenvalue weighted by atomic mass is 16.2. The van der Waals surface area contributed by atoms with Gasteiger partial charge in [0.15, 0.2) is 0 Å². The van der Waals surface area contributed by atoms with Crippen LogP contribution in [0.5, 0.6) is 0 Å². The van der Waals surface area contributed by atoms with Gasteiger partial charge in [-0.2, -0.15) is 0 Å². The summed E-state index contributed by atoms with van der Waals surface area (Å²) in [7, 11) is 4.01. The number of unbranched alkanes of at least 4 members (excludes halogenated alkanes) is 1. The predicted octanol–water partition coefficient (Wildman–Crippen LogP) is 1.94. The van der Waals surface area contributed by atoms with Crippen molar-refractivity contribution in [1.29, 1.82) is 0 Å². The summed E-state index contributed by atoms with van der Waals surface area (Å²) < 4.78 is 0. The van der Waals surface area contributed by atoms with Crippen molar-refractivity contribution in [2.75, 3.05) is 27.2 Å². The van der Waals surface area contributed by atoms with Crippen LogP contribution in [0, 0.1) is 11.8 Å². The van der Waals surface area contributed by atoms with E-state index in [2.05, 4.69) is 29.0 Å². The first-order valence-corrected chi connectivity index (χ1v) is 8.70. The second-order valence-corrected chi connectivity index (χ2v) is 7.00.